The van der Waals surface area contributed by atoms with Crippen molar-refractivity contribution >= 4 is 47.8 Å². The second-order valence-corrected chi connectivity index (χ2v) is 4.64. The van der Waals surface area contributed by atoms with Crippen LogP contribution in [0.5, 0.6) is 11.5 Å². The Labute approximate surface area is 95.0 Å². The summed E-state index contributed by atoms with van der Waals surface area (Å²) < 4.78 is 1.66. The molecule has 1 aromatic carbocycles. The summed E-state index contributed by atoms with van der Waals surface area (Å²) in [6, 6.07) is 0. The van der Waals surface area contributed by atoms with Crippen molar-refractivity contribution in [3.8, 4) is 11.5 Å². The highest BCUT2D eigenvalue weighted by Crippen LogP contribution is 2.45. The van der Waals surface area contributed by atoms with E-state index >= 15 is 0 Å². The molecule has 2 N–H and O–H groups in total. The molecule has 5 heteroatoms. The fourth-order valence-electron chi connectivity index (χ4n) is 0.746. The Kier molecular flexibility index (Phi) is 3.06. The number of hydrogen-bond acceptors (Lipinski definition) is 2. The average Bonchev–Trinajstić information content (AvgIpc) is 2.08. The van der Waals surface area contributed by atoms with E-state index in [1.54, 1.807) is 6.92 Å². The number of phenols is 2. The van der Waals surface area contributed by atoms with Gasteiger partial charge in [0.1, 0.15) is 11.5 Å². The first-order chi connectivity index (χ1) is 5.46. The van der Waals surface area contributed by atoms with Crippen molar-refractivity contribution in [2.75, 3.05) is 0 Å². The van der Waals surface area contributed by atoms with Gasteiger partial charge in [-0.2, -0.15) is 0 Å². The first-order valence-electron chi connectivity index (χ1n) is 3.01. The van der Waals surface area contributed by atoms with Crippen molar-refractivity contribution in [1.82, 2.24) is 0 Å². The zero-order chi connectivity index (χ0) is 9.46. The molecule has 0 saturated heterocycles. The number of rotatable bonds is 0. The normalized spacial score (nSPS) is 10.3. The van der Waals surface area contributed by atoms with E-state index in [2.05, 4.69) is 47.8 Å². The van der Waals surface area contributed by atoms with Gasteiger partial charge in [-0.3, -0.25) is 0 Å². The minimum absolute atomic E-state index is 0.0441. The second-order valence-electron chi connectivity index (χ2n) is 2.26. The van der Waals surface area contributed by atoms with Crippen molar-refractivity contribution in [2.24, 2.45) is 0 Å². The van der Waals surface area contributed by atoms with Gasteiger partial charge in [-0.15, -0.1) is 0 Å². The van der Waals surface area contributed by atoms with E-state index in [1.165, 1.54) is 0 Å². The monoisotopic (exact) mass is 358 g/mol. The van der Waals surface area contributed by atoms with E-state index in [4.69, 9.17) is 0 Å². The van der Waals surface area contributed by atoms with Gasteiger partial charge in [0.2, 0.25) is 0 Å². The molecule has 0 amide bonds. The standard InChI is InChI=1S/C7H5Br3O2/c1-2-6(11)4(9)3(8)5(10)7(2)12/h11-12H,1H3. The third-order valence-corrected chi connectivity index (χ3v) is 4.91. The molecule has 0 aromatic heterocycles. The fraction of sp³-hybridized carbons (Fsp3) is 0.143. The van der Waals surface area contributed by atoms with E-state index in [-0.39, 0.29) is 11.5 Å². The van der Waals surface area contributed by atoms with Crippen molar-refractivity contribution in [3.63, 3.8) is 0 Å². The van der Waals surface area contributed by atoms with Crippen LogP contribution in [0.1, 0.15) is 5.56 Å². The average molecular weight is 361 g/mol. The van der Waals surface area contributed by atoms with Gasteiger partial charge in [-0.25, -0.2) is 0 Å². The van der Waals surface area contributed by atoms with E-state index in [9.17, 15) is 10.2 Å². The minimum Gasteiger partial charge on any atom is -0.506 e. The van der Waals surface area contributed by atoms with E-state index < -0.39 is 0 Å². The number of aromatic hydroxyl groups is 2. The number of hydrogen-bond donors (Lipinski definition) is 2. The molecular weight excluding hydrogens is 356 g/mol. The van der Waals surface area contributed by atoms with Crippen LogP contribution in [0.2, 0.25) is 0 Å². The predicted molar refractivity (Wildman–Crippen MR) is 57.6 cm³/mol. The fourth-order valence-corrected chi connectivity index (χ4v) is 2.38. The van der Waals surface area contributed by atoms with E-state index in [0.717, 1.165) is 0 Å². The molecule has 0 aliphatic heterocycles. The summed E-state index contributed by atoms with van der Waals surface area (Å²) in [4.78, 5) is 0. The van der Waals surface area contributed by atoms with Crippen LogP contribution in [-0.2, 0) is 0 Å². The Balaban J connectivity index is 3.60. The maximum atomic E-state index is 9.43. The largest absolute Gasteiger partial charge is 0.506 e. The molecule has 1 rings (SSSR count). The lowest BCUT2D eigenvalue weighted by Gasteiger charge is -2.08. The number of phenolic OH excluding ortho intramolecular Hbond substituents is 2. The molecule has 0 aliphatic carbocycles. The first kappa shape index (κ1) is 10.3. The quantitative estimate of drug-likeness (QED) is 0.693. The topological polar surface area (TPSA) is 40.5 Å². The van der Waals surface area contributed by atoms with Crippen molar-refractivity contribution < 1.29 is 10.2 Å². The van der Waals surface area contributed by atoms with Crippen LogP contribution < -0.4 is 0 Å². The molecule has 0 spiro atoms. The molecule has 0 radical (unpaired) electrons. The van der Waals surface area contributed by atoms with Crippen LogP contribution in [0.4, 0.5) is 0 Å². The summed E-state index contributed by atoms with van der Waals surface area (Å²) in [6.07, 6.45) is 0. The highest BCUT2D eigenvalue weighted by atomic mass is 79.9. The molecule has 66 valence electrons. The molecule has 0 saturated carbocycles. The molecule has 2 nitrogen and oxygen atoms in total. The molecule has 0 aliphatic rings. The summed E-state index contributed by atoms with van der Waals surface area (Å²) >= 11 is 9.56. The number of halogens is 3. The molecule has 12 heavy (non-hydrogen) atoms. The zero-order valence-electron chi connectivity index (χ0n) is 6.03. The van der Waals surface area contributed by atoms with Crippen LogP contribution in [0.15, 0.2) is 13.4 Å². The molecule has 0 heterocycles. The minimum atomic E-state index is 0.0441. The summed E-state index contributed by atoms with van der Waals surface area (Å²) in [5, 5.41) is 18.9. The third kappa shape index (κ3) is 1.49. The van der Waals surface area contributed by atoms with Crippen LogP contribution in [-0.4, -0.2) is 10.2 Å². The van der Waals surface area contributed by atoms with E-state index in [1.807, 2.05) is 0 Å². The Morgan fingerprint density at radius 1 is 0.833 bits per heavy atom. The Hall–Kier alpha value is 0.260. The SMILES string of the molecule is Cc1c(O)c(Br)c(Br)c(Br)c1O. The maximum Gasteiger partial charge on any atom is 0.137 e. The highest BCUT2D eigenvalue weighted by Gasteiger charge is 2.16. The van der Waals surface area contributed by atoms with Crippen LogP contribution in [0.25, 0.3) is 0 Å². The highest BCUT2D eigenvalue weighted by molar-refractivity contribution is 9.14. The maximum absolute atomic E-state index is 9.43. The third-order valence-electron chi connectivity index (χ3n) is 1.51. The van der Waals surface area contributed by atoms with Gasteiger partial charge < -0.3 is 10.2 Å². The lowest BCUT2D eigenvalue weighted by molar-refractivity contribution is 0.438. The zero-order valence-corrected chi connectivity index (χ0v) is 10.8. The Morgan fingerprint density at radius 2 is 1.17 bits per heavy atom. The predicted octanol–water partition coefficient (Wildman–Crippen LogP) is 3.69. The molecule has 0 unspecified atom stereocenters. The van der Waals surface area contributed by atoms with E-state index in [0.29, 0.717) is 19.0 Å². The van der Waals surface area contributed by atoms with Crippen molar-refractivity contribution in [2.45, 2.75) is 6.92 Å². The molecular formula is C7H5Br3O2. The Morgan fingerprint density at radius 3 is 1.50 bits per heavy atom. The summed E-state index contributed by atoms with van der Waals surface area (Å²) in [6.45, 7) is 1.63. The van der Waals surface area contributed by atoms with Crippen LogP contribution in [0.3, 0.4) is 0 Å². The van der Waals surface area contributed by atoms with Gasteiger partial charge in [0, 0.05) is 5.56 Å². The second kappa shape index (κ2) is 3.55. The summed E-state index contributed by atoms with van der Waals surface area (Å²) in [5.41, 5.74) is 0.442. The van der Waals surface area contributed by atoms with Gasteiger partial charge in [0.15, 0.2) is 0 Å². The van der Waals surface area contributed by atoms with Gasteiger partial charge in [-0.05, 0) is 54.7 Å². The van der Waals surface area contributed by atoms with Crippen LogP contribution in [0, 0.1) is 6.92 Å². The summed E-state index contributed by atoms with van der Waals surface area (Å²) in [5.74, 6) is 0.0881. The first-order valence-corrected chi connectivity index (χ1v) is 5.39. The van der Waals surface area contributed by atoms with Gasteiger partial charge >= 0.3 is 0 Å². The smallest absolute Gasteiger partial charge is 0.137 e. The molecule has 0 fully saturated rings. The molecule has 1 aromatic rings. The lowest BCUT2D eigenvalue weighted by atomic mass is 10.2. The molecule has 0 bridgehead atoms. The Bertz CT molecular complexity index is 231. The van der Waals surface area contributed by atoms with Gasteiger partial charge in [0.05, 0.1) is 13.4 Å². The summed E-state index contributed by atoms with van der Waals surface area (Å²) in [7, 11) is 0. The van der Waals surface area contributed by atoms with Crippen molar-refractivity contribution in [1.29, 1.82) is 0 Å². The van der Waals surface area contributed by atoms with Gasteiger partial charge in [0.25, 0.3) is 0 Å². The van der Waals surface area contributed by atoms with Crippen LogP contribution >= 0.6 is 47.8 Å². The number of benzene rings is 1. The lowest BCUT2D eigenvalue weighted by Crippen LogP contribution is -1.82. The van der Waals surface area contributed by atoms with Crippen molar-refractivity contribution in [3.05, 3.63) is 19.0 Å². The molecule has 0 atom stereocenters. The van der Waals surface area contributed by atoms with Gasteiger partial charge in [-0.1, -0.05) is 0 Å².